The Balaban J connectivity index is 1.48. The highest BCUT2D eigenvalue weighted by Crippen LogP contribution is 2.38. The van der Waals surface area contributed by atoms with E-state index in [2.05, 4.69) is 15.7 Å². The van der Waals surface area contributed by atoms with E-state index in [-0.39, 0.29) is 33.7 Å². The minimum absolute atomic E-state index is 0.00418. The lowest BCUT2D eigenvalue weighted by Gasteiger charge is -2.07. The van der Waals surface area contributed by atoms with Crippen LogP contribution in [0.3, 0.4) is 0 Å². The fraction of sp³-hybridized carbons (Fsp3) is 0.136. The second kappa shape index (κ2) is 9.02. The zero-order valence-electron chi connectivity index (χ0n) is 16.8. The van der Waals surface area contributed by atoms with Gasteiger partial charge in [-0.05, 0) is 30.3 Å². The van der Waals surface area contributed by atoms with Crippen molar-refractivity contribution in [2.45, 2.75) is 6.18 Å². The van der Waals surface area contributed by atoms with Gasteiger partial charge in [0.25, 0.3) is 11.8 Å². The van der Waals surface area contributed by atoms with Crippen LogP contribution in [0.5, 0.6) is 0 Å². The summed E-state index contributed by atoms with van der Waals surface area (Å²) in [6, 6.07) is 14.9. The molecule has 0 atom stereocenters. The van der Waals surface area contributed by atoms with Gasteiger partial charge < -0.3 is 10.6 Å². The van der Waals surface area contributed by atoms with Crippen molar-refractivity contribution in [1.29, 1.82) is 0 Å². The molecule has 2 N–H and O–H groups in total. The van der Waals surface area contributed by atoms with Gasteiger partial charge in [0.15, 0.2) is 5.69 Å². The van der Waals surface area contributed by atoms with Crippen LogP contribution in [0.1, 0.15) is 25.7 Å². The first kappa shape index (κ1) is 22.5. The molecule has 6 nitrogen and oxygen atoms in total. The lowest BCUT2D eigenvalue weighted by molar-refractivity contribution is -0.140. The van der Waals surface area contributed by atoms with E-state index >= 15 is 0 Å². The first-order valence-corrected chi connectivity index (χ1v) is 10.5. The maximum absolute atomic E-state index is 13.6. The van der Waals surface area contributed by atoms with Crippen molar-refractivity contribution in [2.24, 2.45) is 0 Å². The van der Waals surface area contributed by atoms with Crippen LogP contribution in [0, 0.1) is 5.82 Å². The molecular formula is C22H16F4N4O2S. The van der Waals surface area contributed by atoms with E-state index in [0.29, 0.717) is 5.69 Å². The molecule has 0 radical (unpaired) electrons. The smallest absolute Gasteiger partial charge is 0.350 e. The molecular weight excluding hydrogens is 460 g/mol. The zero-order chi connectivity index (χ0) is 23.6. The van der Waals surface area contributed by atoms with E-state index in [1.54, 1.807) is 30.3 Å². The van der Waals surface area contributed by atoms with Crippen LogP contribution < -0.4 is 10.6 Å². The van der Waals surface area contributed by atoms with Crippen LogP contribution in [-0.4, -0.2) is 34.7 Å². The number of alkyl halides is 3. The normalized spacial score (nSPS) is 11.5. The van der Waals surface area contributed by atoms with Crippen molar-refractivity contribution in [3.63, 3.8) is 0 Å². The van der Waals surface area contributed by atoms with Gasteiger partial charge in [0, 0.05) is 18.5 Å². The Hall–Kier alpha value is -3.73. The van der Waals surface area contributed by atoms with Crippen LogP contribution in [-0.2, 0) is 6.18 Å². The molecule has 0 saturated carbocycles. The second-order valence-electron chi connectivity index (χ2n) is 6.91. The Kier molecular flexibility index (Phi) is 6.14. The Bertz CT molecular complexity index is 1320. The average molecular weight is 476 g/mol. The molecule has 2 aromatic carbocycles. The predicted octanol–water partition coefficient (Wildman–Crippen LogP) is 4.40. The monoisotopic (exact) mass is 476 g/mol. The molecule has 0 unspecified atom stereocenters. The van der Waals surface area contributed by atoms with Gasteiger partial charge in [0.1, 0.15) is 10.6 Å². The number of aromatic nitrogens is 2. The number of halogens is 4. The third-order valence-corrected chi connectivity index (χ3v) is 5.78. The van der Waals surface area contributed by atoms with Crippen molar-refractivity contribution in [3.05, 3.63) is 82.6 Å². The summed E-state index contributed by atoms with van der Waals surface area (Å²) < 4.78 is 55.3. The van der Waals surface area contributed by atoms with Gasteiger partial charge in [-0.2, -0.15) is 18.3 Å². The van der Waals surface area contributed by atoms with Gasteiger partial charge in [-0.25, -0.2) is 9.07 Å². The third-order valence-electron chi connectivity index (χ3n) is 4.67. The number of carbonyl (C=O) groups is 2. The Morgan fingerprint density at radius 3 is 2.24 bits per heavy atom. The standard InChI is InChI=1S/C22H16F4N4O2S/c23-16-9-5-4-8-14(16)19(31)27-10-11-28-20(32)17-12-15-18(22(24,25)26)29-30(21(15)33-17)13-6-2-1-3-7-13/h1-9,12H,10-11H2,(H,27,31)(H,28,32). The van der Waals surface area contributed by atoms with E-state index in [1.165, 1.54) is 18.2 Å². The highest BCUT2D eigenvalue weighted by atomic mass is 32.1. The maximum Gasteiger partial charge on any atom is 0.435 e. The summed E-state index contributed by atoms with van der Waals surface area (Å²) in [6.45, 7) is 0.0135. The molecule has 170 valence electrons. The molecule has 0 spiro atoms. The summed E-state index contributed by atoms with van der Waals surface area (Å²) in [4.78, 5) is 24.7. The van der Waals surface area contributed by atoms with Gasteiger partial charge >= 0.3 is 6.18 Å². The summed E-state index contributed by atoms with van der Waals surface area (Å²) in [5, 5.41) is 8.56. The number of para-hydroxylation sites is 1. The van der Waals surface area contributed by atoms with Crippen LogP contribution in [0.15, 0.2) is 60.7 Å². The molecule has 2 amide bonds. The molecule has 4 rings (SSSR count). The van der Waals surface area contributed by atoms with Crippen molar-refractivity contribution in [1.82, 2.24) is 20.4 Å². The molecule has 2 aromatic heterocycles. The number of rotatable bonds is 6. The summed E-state index contributed by atoms with van der Waals surface area (Å²) >= 11 is 0.878. The maximum atomic E-state index is 13.6. The SMILES string of the molecule is O=C(NCCNC(=O)c1ccccc1F)c1cc2c(C(F)(F)F)nn(-c3ccccc3)c2s1. The number of benzene rings is 2. The number of hydrogen-bond donors (Lipinski definition) is 2. The summed E-state index contributed by atoms with van der Waals surface area (Å²) in [5.41, 5.74) is -0.769. The van der Waals surface area contributed by atoms with Crippen LogP contribution in [0.2, 0.25) is 0 Å². The highest BCUT2D eigenvalue weighted by molar-refractivity contribution is 7.20. The molecule has 11 heteroatoms. The summed E-state index contributed by atoms with van der Waals surface area (Å²) in [6.07, 6.45) is -4.69. The number of amides is 2. The van der Waals surface area contributed by atoms with Gasteiger partial charge in [0.05, 0.1) is 16.1 Å². The van der Waals surface area contributed by atoms with E-state index in [9.17, 15) is 27.2 Å². The van der Waals surface area contributed by atoms with Gasteiger partial charge in [-0.3, -0.25) is 9.59 Å². The van der Waals surface area contributed by atoms with Crippen LogP contribution in [0.25, 0.3) is 15.9 Å². The number of nitrogens with zero attached hydrogens (tertiary/aromatic N) is 2. The largest absolute Gasteiger partial charge is 0.435 e. The second-order valence-corrected chi connectivity index (χ2v) is 7.95. The van der Waals surface area contributed by atoms with Crippen molar-refractivity contribution < 1.29 is 27.2 Å². The topological polar surface area (TPSA) is 76.0 Å². The fourth-order valence-electron chi connectivity index (χ4n) is 3.15. The van der Waals surface area contributed by atoms with Crippen molar-refractivity contribution in [2.75, 3.05) is 13.1 Å². The summed E-state index contributed by atoms with van der Waals surface area (Å²) in [5.74, 6) is -1.90. The molecule has 0 aliphatic heterocycles. The van der Waals surface area contributed by atoms with Crippen LogP contribution >= 0.6 is 11.3 Å². The minimum atomic E-state index is -4.69. The van der Waals surface area contributed by atoms with E-state index in [1.807, 2.05) is 0 Å². The third kappa shape index (κ3) is 4.72. The minimum Gasteiger partial charge on any atom is -0.350 e. The van der Waals surface area contributed by atoms with E-state index in [0.717, 1.165) is 28.2 Å². The number of carbonyl (C=O) groups excluding carboxylic acids is 2. The fourth-order valence-corrected chi connectivity index (χ4v) is 4.20. The Morgan fingerprint density at radius 1 is 0.939 bits per heavy atom. The van der Waals surface area contributed by atoms with Gasteiger partial charge in [0.2, 0.25) is 0 Å². The lowest BCUT2D eigenvalue weighted by Crippen LogP contribution is -2.34. The number of hydrogen-bond acceptors (Lipinski definition) is 4. The van der Waals surface area contributed by atoms with Crippen LogP contribution in [0.4, 0.5) is 17.6 Å². The zero-order valence-corrected chi connectivity index (χ0v) is 17.6. The lowest BCUT2D eigenvalue weighted by atomic mass is 10.2. The Labute approximate surface area is 188 Å². The first-order valence-electron chi connectivity index (χ1n) is 9.72. The van der Waals surface area contributed by atoms with Crippen molar-refractivity contribution >= 4 is 33.4 Å². The molecule has 33 heavy (non-hydrogen) atoms. The molecule has 0 aliphatic rings. The Morgan fingerprint density at radius 2 is 1.58 bits per heavy atom. The molecule has 0 fully saturated rings. The molecule has 0 bridgehead atoms. The first-order chi connectivity index (χ1) is 15.8. The number of fused-ring (bicyclic) bond motifs is 1. The molecule has 0 aliphatic carbocycles. The van der Waals surface area contributed by atoms with Gasteiger partial charge in [-0.1, -0.05) is 30.3 Å². The number of thiophene rings is 1. The average Bonchev–Trinajstić information content (AvgIpc) is 3.36. The predicted molar refractivity (Wildman–Crippen MR) is 115 cm³/mol. The molecule has 0 saturated heterocycles. The quantitative estimate of drug-likeness (QED) is 0.320. The highest BCUT2D eigenvalue weighted by Gasteiger charge is 2.38. The molecule has 4 aromatic rings. The van der Waals surface area contributed by atoms with Gasteiger partial charge in [-0.15, -0.1) is 11.3 Å². The van der Waals surface area contributed by atoms with Crippen molar-refractivity contribution in [3.8, 4) is 5.69 Å². The molecule has 2 heterocycles. The summed E-state index contributed by atoms with van der Waals surface area (Å²) in [7, 11) is 0. The van der Waals surface area contributed by atoms with E-state index < -0.39 is 29.5 Å². The number of nitrogens with one attached hydrogen (secondary N) is 2. The van der Waals surface area contributed by atoms with E-state index in [4.69, 9.17) is 0 Å².